The zero-order valence-corrected chi connectivity index (χ0v) is 11.2. The van der Waals surface area contributed by atoms with Gasteiger partial charge in [-0.1, -0.05) is 42.5 Å². The number of fused-ring (bicyclic) bond motifs is 1. The van der Waals surface area contributed by atoms with E-state index in [0.29, 0.717) is 6.54 Å². The van der Waals surface area contributed by atoms with Gasteiger partial charge in [0, 0.05) is 6.54 Å². The molecule has 0 radical (unpaired) electrons. The molecule has 0 fully saturated rings. The normalized spacial score (nSPS) is 11.9. The lowest BCUT2D eigenvalue weighted by atomic mass is 10.0. The Morgan fingerprint density at radius 2 is 1.76 bits per heavy atom. The second-order valence-electron chi connectivity index (χ2n) is 4.56. The highest BCUT2D eigenvalue weighted by molar-refractivity contribution is 5.86. The molecule has 0 aliphatic heterocycles. The van der Waals surface area contributed by atoms with Crippen molar-refractivity contribution in [2.24, 2.45) is 0 Å². The first kappa shape index (κ1) is 14.8. The van der Waals surface area contributed by atoms with Gasteiger partial charge in [-0.05, 0) is 16.3 Å². The van der Waals surface area contributed by atoms with Crippen LogP contribution in [-0.4, -0.2) is 34.9 Å². The van der Waals surface area contributed by atoms with Gasteiger partial charge in [0.05, 0.1) is 6.54 Å². The van der Waals surface area contributed by atoms with Crippen molar-refractivity contribution in [3.8, 4) is 0 Å². The minimum atomic E-state index is -1.60. The molecule has 0 aromatic heterocycles. The van der Waals surface area contributed by atoms with Crippen LogP contribution in [0.5, 0.6) is 0 Å². The Bertz CT molecular complexity index is 652. The predicted molar refractivity (Wildman–Crippen MR) is 77.8 cm³/mol. The summed E-state index contributed by atoms with van der Waals surface area (Å²) in [5.41, 5.74) is 0.960. The van der Waals surface area contributed by atoms with E-state index >= 15 is 0 Å². The first-order valence-electron chi connectivity index (χ1n) is 6.47. The van der Waals surface area contributed by atoms with Gasteiger partial charge in [0.2, 0.25) is 0 Å². The van der Waals surface area contributed by atoms with Crippen LogP contribution in [0.15, 0.2) is 42.5 Å². The van der Waals surface area contributed by atoms with Crippen molar-refractivity contribution in [3.05, 3.63) is 48.0 Å². The van der Waals surface area contributed by atoms with Crippen molar-refractivity contribution < 1.29 is 19.8 Å². The fraction of sp³-hybridized carbons (Fsp3) is 0.200. The summed E-state index contributed by atoms with van der Waals surface area (Å²) in [7, 11) is 0. The Labute approximate surface area is 121 Å². The smallest absolute Gasteiger partial charge is 0.334 e. The Morgan fingerprint density at radius 3 is 2.52 bits per heavy atom. The molecular weight excluding hydrogens is 272 g/mol. The molecule has 0 saturated carbocycles. The minimum Gasteiger partial charge on any atom is -0.479 e. The number of aliphatic hydroxyl groups excluding tert-OH is 1. The molecule has 1 atom stereocenters. The van der Waals surface area contributed by atoms with E-state index in [-0.39, 0.29) is 6.54 Å². The van der Waals surface area contributed by atoms with E-state index in [0.717, 1.165) is 16.3 Å². The van der Waals surface area contributed by atoms with E-state index in [4.69, 9.17) is 10.2 Å². The zero-order valence-electron chi connectivity index (χ0n) is 11.2. The van der Waals surface area contributed by atoms with Crippen molar-refractivity contribution in [2.45, 2.75) is 12.6 Å². The maximum atomic E-state index is 11.6. The molecule has 6 nitrogen and oxygen atoms in total. The number of aliphatic hydroxyl groups is 1. The molecule has 0 aliphatic rings. The lowest BCUT2D eigenvalue weighted by Crippen LogP contribution is -2.41. The van der Waals surface area contributed by atoms with Crippen LogP contribution in [0.2, 0.25) is 0 Å². The van der Waals surface area contributed by atoms with Crippen molar-refractivity contribution in [2.75, 3.05) is 6.54 Å². The number of carbonyl (C=O) groups excluding carboxylic acids is 1. The molecule has 0 aliphatic carbocycles. The summed E-state index contributed by atoms with van der Waals surface area (Å²) in [6.45, 7) is -0.0208. The number of rotatable bonds is 5. The number of urea groups is 1. The van der Waals surface area contributed by atoms with Crippen molar-refractivity contribution in [1.29, 1.82) is 0 Å². The summed E-state index contributed by atoms with van der Waals surface area (Å²) >= 11 is 0. The predicted octanol–water partition coefficient (Wildman–Crippen LogP) is 1.08. The molecular formula is C15H16N2O4. The van der Waals surface area contributed by atoms with E-state index in [2.05, 4.69) is 10.6 Å². The largest absolute Gasteiger partial charge is 0.479 e. The first-order chi connectivity index (χ1) is 10.1. The molecule has 4 N–H and O–H groups in total. The molecule has 6 heteroatoms. The van der Waals surface area contributed by atoms with E-state index in [1.807, 2.05) is 42.5 Å². The van der Waals surface area contributed by atoms with Crippen molar-refractivity contribution >= 4 is 22.8 Å². The van der Waals surface area contributed by atoms with Gasteiger partial charge in [0.1, 0.15) is 0 Å². The molecule has 0 bridgehead atoms. The summed E-state index contributed by atoms with van der Waals surface area (Å²) in [5, 5.41) is 24.6. The van der Waals surface area contributed by atoms with Crippen LogP contribution >= 0.6 is 0 Å². The van der Waals surface area contributed by atoms with Crippen LogP contribution < -0.4 is 10.6 Å². The second-order valence-corrected chi connectivity index (χ2v) is 4.56. The number of hydrogen-bond donors (Lipinski definition) is 4. The molecule has 2 aromatic carbocycles. The summed E-state index contributed by atoms with van der Waals surface area (Å²) in [6, 6.07) is 13.1. The van der Waals surface area contributed by atoms with Gasteiger partial charge in [0.25, 0.3) is 0 Å². The number of amides is 2. The Kier molecular flexibility index (Phi) is 4.73. The molecule has 2 rings (SSSR count). The highest BCUT2D eigenvalue weighted by Crippen LogP contribution is 2.17. The molecule has 0 unspecified atom stereocenters. The molecule has 0 heterocycles. The molecule has 2 aromatic rings. The van der Waals surface area contributed by atoms with E-state index < -0.39 is 18.1 Å². The maximum Gasteiger partial charge on any atom is 0.334 e. The average Bonchev–Trinajstić information content (AvgIpc) is 2.50. The number of carboxylic acids is 1. The fourth-order valence-electron chi connectivity index (χ4n) is 1.96. The van der Waals surface area contributed by atoms with Crippen molar-refractivity contribution in [1.82, 2.24) is 10.6 Å². The van der Waals surface area contributed by atoms with Gasteiger partial charge >= 0.3 is 12.0 Å². The van der Waals surface area contributed by atoms with Gasteiger partial charge in [0.15, 0.2) is 6.10 Å². The van der Waals surface area contributed by atoms with Crippen LogP contribution in [0.4, 0.5) is 4.79 Å². The number of nitrogens with one attached hydrogen (secondary N) is 2. The highest BCUT2D eigenvalue weighted by Gasteiger charge is 2.13. The standard InChI is InChI=1S/C15H16N2O4/c18-13(14(19)20)9-17-15(21)16-8-11-6-3-5-10-4-1-2-7-12(10)11/h1-7,13,18H,8-9H2,(H,19,20)(H2,16,17,21)/t13-/m0/s1. The highest BCUT2D eigenvalue weighted by atomic mass is 16.4. The van der Waals surface area contributed by atoms with Crippen LogP contribution in [0.1, 0.15) is 5.56 Å². The van der Waals surface area contributed by atoms with Crippen molar-refractivity contribution in [3.63, 3.8) is 0 Å². The number of benzene rings is 2. The monoisotopic (exact) mass is 288 g/mol. The lowest BCUT2D eigenvalue weighted by Gasteiger charge is -2.11. The van der Waals surface area contributed by atoms with Gasteiger partial charge in [-0.2, -0.15) is 0 Å². The third kappa shape index (κ3) is 3.93. The number of carboxylic acid groups (broad SMARTS) is 1. The summed E-state index contributed by atoms with van der Waals surface area (Å²) in [6.07, 6.45) is -1.60. The number of hydrogen-bond acceptors (Lipinski definition) is 3. The Hall–Kier alpha value is -2.60. The first-order valence-corrected chi connectivity index (χ1v) is 6.47. The lowest BCUT2D eigenvalue weighted by molar-refractivity contribution is -0.146. The molecule has 0 spiro atoms. The average molecular weight is 288 g/mol. The van der Waals surface area contributed by atoms with Gasteiger partial charge in [-0.25, -0.2) is 9.59 Å². The molecule has 21 heavy (non-hydrogen) atoms. The summed E-state index contributed by atoms with van der Waals surface area (Å²) in [5.74, 6) is -1.37. The summed E-state index contributed by atoms with van der Waals surface area (Å²) in [4.78, 5) is 22.0. The van der Waals surface area contributed by atoms with Crippen LogP contribution in [-0.2, 0) is 11.3 Å². The van der Waals surface area contributed by atoms with Crippen LogP contribution in [0.25, 0.3) is 10.8 Å². The van der Waals surface area contributed by atoms with Gasteiger partial charge in [-0.3, -0.25) is 0 Å². The minimum absolute atomic E-state index is 0.316. The van der Waals surface area contributed by atoms with Crippen LogP contribution in [0, 0.1) is 0 Å². The zero-order chi connectivity index (χ0) is 15.2. The van der Waals surface area contributed by atoms with E-state index in [9.17, 15) is 9.59 Å². The third-order valence-corrected chi connectivity index (χ3v) is 3.06. The Morgan fingerprint density at radius 1 is 1.05 bits per heavy atom. The molecule has 0 saturated heterocycles. The maximum absolute atomic E-state index is 11.6. The van der Waals surface area contributed by atoms with E-state index in [1.54, 1.807) is 0 Å². The SMILES string of the molecule is O=C(NCc1cccc2ccccc12)NC[C@H](O)C(=O)O. The number of carbonyl (C=O) groups is 2. The summed E-state index contributed by atoms with van der Waals surface area (Å²) < 4.78 is 0. The van der Waals surface area contributed by atoms with E-state index in [1.165, 1.54) is 0 Å². The van der Waals surface area contributed by atoms with Gasteiger partial charge < -0.3 is 20.8 Å². The Balaban J connectivity index is 1.93. The molecule has 110 valence electrons. The quantitative estimate of drug-likeness (QED) is 0.661. The third-order valence-electron chi connectivity index (χ3n) is 3.06. The topological polar surface area (TPSA) is 98.7 Å². The molecule has 2 amide bonds. The second kappa shape index (κ2) is 6.71. The van der Waals surface area contributed by atoms with Crippen LogP contribution in [0.3, 0.4) is 0 Å². The fourth-order valence-corrected chi connectivity index (χ4v) is 1.96. The number of aliphatic carboxylic acids is 1. The van der Waals surface area contributed by atoms with Gasteiger partial charge in [-0.15, -0.1) is 0 Å².